The van der Waals surface area contributed by atoms with Gasteiger partial charge in [-0.2, -0.15) is 0 Å². The van der Waals surface area contributed by atoms with E-state index >= 15 is 0 Å². The van der Waals surface area contributed by atoms with E-state index in [0.29, 0.717) is 22.4 Å². The Balaban J connectivity index is 1.78. The summed E-state index contributed by atoms with van der Waals surface area (Å²) in [5.74, 6) is 0.874. The highest BCUT2D eigenvalue weighted by atomic mass is 32.1. The summed E-state index contributed by atoms with van der Waals surface area (Å²) in [4.78, 5) is 32.1. The number of carbonyl (C=O) groups excluding carboxylic acids is 2. The molecule has 3 rings (SSSR count). The summed E-state index contributed by atoms with van der Waals surface area (Å²) in [5.41, 5.74) is 1.06. The molecular formula is C16H18N4O3S. The van der Waals surface area contributed by atoms with Crippen LogP contribution in [0.1, 0.15) is 15.2 Å². The zero-order valence-corrected chi connectivity index (χ0v) is 14.5. The fourth-order valence-electron chi connectivity index (χ4n) is 2.35. The number of likely N-dealkylation sites (N-methyl/N-ethyl adjacent to an activating group) is 2. The molecule has 0 saturated heterocycles. The minimum absolute atomic E-state index is 0.0625. The maximum Gasteiger partial charge on any atom is 0.268 e. The molecule has 7 nitrogen and oxygen atoms in total. The van der Waals surface area contributed by atoms with Crippen molar-refractivity contribution in [3.8, 4) is 5.75 Å². The van der Waals surface area contributed by atoms with E-state index in [9.17, 15) is 9.59 Å². The van der Waals surface area contributed by atoms with Gasteiger partial charge in [0, 0.05) is 20.6 Å². The Hall–Kier alpha value is -2.61. The van der Waals surface area contributed by atoms with E-state index in [1.165, 1.54) is 21.1 Å². The van der Waals surface area contributed by atoms with Gasteiger partial charge in [0.2, 0.25) is 5.91 Å². The number of benzene rings is 1. The van der Waals surface area contributed by atoms with Gasteiger partial charge < -0.3 is 15.0 Å². The van der Waals surface area contributed by atoms with Crippen molar-refractivity contribution in [2.24, 2.45) is 0 Å². The molecule has 0 aliphatic carbocycles. The van der Waals surface area contributed by atoms with Crippen molar-refractivity contribution >= 4 is 34.1 Å². The monoisotopic (exact) mass is 346 g/mol. The van der Waals surface area contributed by atoms with E-state index < -0.39 is 0 Å². The second-order valence-electron chi connectivity index (χ2n) is 5.49. The average molecular weight is 346 g/mol. The Morgan fingerprint density at radius 3 is 2.62 bits per heavy atom. The number of methoxy groups -OCH3 is 1. The minimum atomic E-state index is -0.183. The Labute approximate surface area is 143 Å². The fraction of sp³-hybridized carbons (Fsp3) is 0.312. The van der Waals surface area contributed by atoms with E-state index in [1.807, 2.05) is 24.3 Å². The van der Waals surface area contributed by atoms with Crippen molar-refractivity contribution < 1.29 is 14.3 Å². The Bertz CT molecular complexity index is 772. The van der Waals surface area contributed by atoms with Gasteiger partial charge in [-0.25, -0.2) is 4.98 Å². The standard InChI is InChI=1S/C16H18N4O3S/c1-19-9-12(21)20(2)14-13(15(19)22)24-16(18-14)17-8-10-4-6-11(23-3)7-5-10/h4-7H,8-9H2,1-3H3,(H,17,18). The first-order valence-corrected chi connectivity index (χ1v) is 8.21. The van der Waals surface area contributed by atoms with Gasteiger partial charge in [0.25, 0.3) is 5.91 Å². The molecule has 1 N–H and O–H groups in total. The SMILES string of the molecule is COc1ccc(CNc2nc3c(s2)C(=O)N(C)CC(=O)N3C)cc1. The number of hydrogen-bond acceptors (Lipinski definition) is 6. The van der Waals surface area contributed by atoms with E-state index in [2.05, 4.69) is 10.3 Å². The predicted octanol–water partition coefficient (Wildman–Crippen LogP) is 1.81. The Kier molecular flexibility index (Phi) is 4.39. The number of nitrogens with one attached hydrogen (secondary N) is 1. The minimum Gasteiger partial charge on any atom is -0.497 e. The van der Waals surface area contributed by atoms with Crippen LogP contribution in [0.15, 0.2) is 24.3 Å². The fourth-order valence-corrected chi connectivity index (χ4v) is 3.33. The highest BCUT2D eigenvalue weighted by molar-refractivity contribution is 7.18. The summed E-state index contributed by atoms with van der Waals surface area (Å²) in [7, 11) is 4.88. The molecule has 24 heavy (non-hydrogen) atoms. The lowest BCUT2D eigenvalue weighted by Crippen LogP contribution is -2.35. The highest BCUT2D eigenvalue weighted by Crippen LogP contribution is 2.32. The van der Waals surface area contributed by atoms with Crippen LogP contribution in [0.25, 0.3) is 0 Å². The van der Waals surface area contributed by atoms with E-state index in [-0.39, 0.29) is 18.4 Å². The molecular weight excluding hydrogens is 328 g/mol. The highest BCUT2D eigenvalue weighted by Gasteiger charge is 2.31. The van der Waals surface area contributed by atoms with Crippen molar-refractivity contribution in [1.82, 2.24) is 9.88 Å². The van der Waals surface area contributed by atoms with Gasteiger partial charge in [-0.15, -0.1) is 0 Å². The van der Waals surface area contributed by atoms with Gasteiger partial charge in [0.15, 0.2) is 10.9 Å². The molecule has 2 aromatic rings. The van der Waals surface area contributed by atoms with Crippen LogP contribution in [-0.4, -0.2) is 49.4 Å². The van der Waals surface area contributed by atoms with Crippen molar-refractivity contribution in [3.63, 3.8) is 0 Å². The number of rotatable bonds is 4. The molecule has 0 bridgehead atoms. The number of fused-ring (bicyclic) bond motifs is 1. The van der Waals surface area contributed by atoms with Gasteiger partial charge in [-0.3, -0.25) is 14.5 Å². The quantitative estimate of drug-likeness (QED) is 0.914. The zero-order chi connectivity index (χ0) is 17.3. The Morgan fingerprint density at radius 2 is 1.96 bits per heavy atom. The van der Waals surface area contributed by atoms with Gasteiger partial charge in [-0.05, 0) is 17.7 Å². The number of hydrogen-bond donors (Lipinski definition) is 1. The number of aromatic nitrogens is 1. The van der Waals surface area contributed by atoms with Gasteiger partial charge in [-0.1, -0.05) is 23.5 Å². The molecule has 8 heteroatoms. The smallest absolute Gasteiger partial charge is 0.268 e. The van der Waals surface area contributed by atoms with E-state index in [0.717, 1.165) is 11.3 Å². The normalized spacial score (nSPS) is 14.5. The zero-order valence-electron chi connectivity index (χ0n) is 13.7. The van der Waals surface area contributed by atoms with Crippen molar-refractivity contribution in [2.45, 2.75) is 6.54 Å². The first-order chi connectivity index (χ1) is 11.5. The first kappa shape index (κ1) is 16.3. The molecule has 0 saturated carbocycles. The first-order valence-electron chi connectivity index (χ1n) is 7.39. The molecule has 0 unspecified atom stereocenters. The maximum atomic E-state index is 12.4. The molecule has 126 valence electrons. The molecule has 1 aromatic carbocycles. The van der Waals surface area contributed by atoms with Crippen LogP contribution < -0.4 is 15.0 Å². The molecule has 0 atom stereocenters. The summed E-state index contributed by atoms with van der Waals surface area (Å²) in [6.07, 6.45) is 0. The lowest BCUT2D eigenvalue weighted by Gasteiger charge is -2.14. The van der Waals surface area contributed by atoms with E-state index in [1.54, 1.807) is 21.2 Å². The topological polar surface area (TPSA) is 74.8 Å². The molecule has 0 radical (unpaired) electrons. The number of amides is 2. The lowest BCUT2D eigenvalue weighted by molar-refractivity contribution is -0.118. The van der Waals surface area contributed by atoms with Crippen LogP contribution in [0, 0.1) is 0 Å². The second kappa shape index (κ2) is 6.48. The van der Waals surface area contributed by atoms with Gasteiger partial charge in [0.05, 0.1) is 7.11 Å². The lowest BCUT2D eigenvalue weighted by atomic mass is 10.2. The molecule has 1 aliphatic heterocycles. The molecule has 2 heterocycles. The summed E-state index contributed by atoms with van der Waals surface area (Å²) >= 11 is 1.26. The number of anilines is 2. The number of ether oxygens (including phenoxy) is 1. The second-order valence-corrected chi connectivity index (χ2v) is 6.49. The summed E-state index contributed by atoms with van der Waals surface area (Å²) in [6, 6.07) is 7.69. The molecule has 0 fully saturated rings. The van der Waals surface area contributed by atoms with Crippen LogP contribution in [0.5, 0.6) is 5.75 Å². The van der Waals surface area contributed by atoms with Crippen LogP contribution in [-0.2, 0) is 11.3 Å². The summed E-state index contributed by atoms with van der Waals surface area (Å²) < 4.78 is 5.13. The van der Waals surface area contributed by atoms with Gasteiger partial charge >= 0.3 is 0 Å². The van der Waals surface area contributed by atoms with Crippen LogP contribution in [0.3, 0.4) is 0 Å². The van der Waals surface area contributed by atoms with Crippen molar-refractivity contribution in [1.29, 1.82) is 0 Å². The molecule has 1 aromatic heterocycles. The van der Waals surface area contributed by atoms with Crippen LogP contribution >= 0.6 is 11.3 Å². The molecule has 2 amide bonds. The van der Waals surface area contributed by atoms with Crippen LogP contribution in [0.2, 0.25) is 0 Å². The molecule has 1 aliphatic rings. The number of carbonyl (C=O) groups is 2. The number of thiazole rings is 1. The van der Waals surface area contributed by atoms with Crippen molar-refractivity contribution in [3.05, 3.63) is 34.7 Å². The predicted molar refractivity (Wildman–Crippen MR) is 92.8 cm³/mol. The third-order valence-electron chi connectivity index (χ3n) is 3.82. The maximum absolute atomic E-state index is 12.4. The summed E-state index contributed by atoms with van der Waals surface area (Å²) in [6.45, 7) is 0.630. The Morgan fingerprint density at radius 1 is 1.25 bits per heavy atom. The van der Waals surface area contributed by atoms with Gasteiger partial charge in [0.1, 0.15) is 17.2 Å². The summed E-state index contributed by atoms with van der Waals surface area (Å²) in [5, 5.41) is 3.81. The van der Waals surface area contributed by atoms with Crippen molar-refractivity contribution in [2.75, 3.05) is 38.0 Å². The largest absolute Gasteiger partial charge is 0.497 e. The average Bonchev–Trinajstić information content (AvgIpc) is 3.00. The molecule has 0 spiro atoms. The third-order valence-corrected chi connectivity index (χ3v) is 4.81. The third kappa shape index (κ3) is 3.05. The number of nitrogens with zero attached hydrogens (tertiary/aromatic N) is 3. The van der Waals surface area contributed by atoms with E-state index in [4.69, 9.17) is 4.74 Å². The van der Waals surface area contributed by atoms with Crippen LogP contribution in [0.4, 0.5) is 10.9 Å².